The molecule has 1 amide bonds. The van der Waals surface area contributed by atoms with Gasteiger partial charge in [0.1, 0.15) is 5.82 Å². The molecular formula is C21H21FN2O4. The van der Waals surface area contributed by atoms with E-state index in [1.807, 2.05) is 4.90 Å². The van der Waals surface area contributed by atoms with E-state index in [-0.39, 0.29) is 29.7 Å². The van der Waals surface area contributed by atoms with Gasteiger partial charge >= 0.3 is 5.97 Å². The summed E-state index contributed by atoms with van der Waals surface area (Å²) in [6, 6.07) is 11.7. The number of hydrogen-bond acceptors (Lipinski definition) is 4. The average molecular weight is 384 g/mol. The number of likely N-dealkylation sites (tertiary alicyclic amines) is 1. The zero-order valence-corrected chi connectivity index (χ0v) is 15.2. The number of carboxylic acid groups (broad SMARTS) is 1. The molecule has 0 atom stereocenters. The molecule has 0 unspecified atom stereocenters. The van der Waals surface area contributed by atoms with Crippen molar-refractivity contribution in [2.45, 2.75) is 12.8 Å². The predicted molar refractivity (Wildman–Crippen MR) is 102 cm³/mol. The fourth-order valence-corrected chi connectivity index (χ4v) is 3.33. The Morgan fingerprint density at radius 3 is 2.32 bits per heavy atom. The van der Waals surface area contributed by atoms with Crippen LogP contribution in [-0.2, 0) is 4.79 Å². The second-order valence-electron chi connectivity index (χ2n) is 6.86. The fourth-order valence-electron chi connectivity index (χ4n) is 3.33. The third-order valence-corrected chi connectivity index (χ3v) is 4.85. The predicted octanol–water partition coefficient (Wildman–Crippen LogP) is 3.06. The summed E-state index contributed by atoms with van der Waals surface area (Å²) in [5.41, 5.74) is 1.08. The lowest BCUT2D eigenvalue weighted by atomic mass is 9.89. The highest BCUT2D eigenvalue weighted by atomic mass is 19.1. The molecule has 1 heterocycles. The number of Topliss-reactive ketones (excluding diaryl/α,β-unsaturated/α-hetero) is 1. The lowest BCUT2D eigenvalue weighted by Gasteiger charge is -2.30. The molecule has 0 aliphatic carbocycles. The molecule has 146 valence electrons. The zero-order valence-electron chi connectivity index (χ0n) is 15.2. The Labute approximate surface area is 162 Å². The van der Waals surface area contributed by atoms with Crippen LogP contribution in [0.25, 0.3) is 0 Å². The third kappa shape index (κ3) is 5.01. The first-order valence-electron chi connectivity index (χ1n) is 9.08. The molecule has 28 heavy (non-hydrogen) atoms. The van der Waals surface area contributed by atoms with Crippen molar-refractivity contribution in [3.8, 4) is 0 Å². The van der Waals surface area contributed by atoms with Crippen LogP contribution in [0.15, 0.2) is 48.5 Å². The zero-order chi connectivity index (χ0) is 20.1. The minimum absolute atomic E-state index is 0.0536. The van der Waals surface area contributed by atoms with Crippen molar-refractivity contribution >= 4 is 23.3 Å². The Hall–Kier alpha value is -3.06. The van der Waals surface area contributed by atoms with Gasteiger partial charge in [0.15, 0.2) is 5.78 Å². The summed E-state index contributed by atoms with van der Waals surface area (Å²) in [6.45, 7) is 1.41. The van der Waals surface area contributed by atoms with E-state index in [9.17, 15) is 18.8 Å². The van der Waals surface area contributed by atoms with E-state index in [4.69, 9.17) is 5.11 Å². The number of ketones is 1. The number of carbonyl (C=O) groups excluding carboxylic acids is 2. The molecule has 6 nitrogen and oxygen atoms in total. The standard InChI is InChI=1S/C21H21FN2O4/c22-17-3-1-2-16(12-17)20(26)14-8-10-24(11-9-14)13-19(25)23-18-6-4-15(5-7-18)21(27)28/h1-7,12,14H,8-11,13H2,(H,23,25)(H,27,28). The summed E-state index contributed by atoms with van der Waals surface area (Å²) in [7, 11) is 0. The topological polar surface area (TPSA) is 86.7 Å². The molecule has 0 spiro atoms. The molecule has 2 aromatic carbocycles. The van der Waals surface area contributed by atoms with Gasteiger partial charge in [-0.15, -0.1) is 0 Å². The summed E-state index contributed by atoms with van der Waals surface area (Å²) < 4.78 is 13.3. The summed E-state index contributed by atoms with van der Waals surface area (Å²) in [5, 5.41) is 11.6. The van der Waals surface area contributed by atoms with Crippen LogP contribution in [0.3, 0.4) is 0 Å². The van der Waals surface area contributed by atoms with Gasteiger partial charge in [-0.05, 0) is 62.3 Å². The smallest absolute Gasteiger partial charge is 0.335 e. The molecular weight excluding hydrogens is 363 g/mol. The highest BCUT2D eigenvalue weighted by Crippen LogP contribution is 2.22. The molecule has 1 aliphatic heterocycles. The maximum absolute atomic E-state index is 13.3. The summed E-state index contributed by atoms with van der Waals surface area (Å²) in [5.74, 6) is -1.85. The Bertz CT molecular complexity index is 874. The summed E-state index contributed by atoms with van der Waals surface area (Å²) in [4.78, 5) is 37.5. The van der Waals surface area contributed by atoms with E-state index in [1.165, 1.54) is 30.3 Å². The molecule has 2 aromatic rings. The molecule has 0 radical (unpaired) electrons. The number of benzene rings is 2. The van der Waals surface area contributed by atoms with Crippen LogP contribution in [0.1, 0.15) is 33.6 Å². The van der Waals surface area contributed by atoms with Crippen LogP contribution in [0.5, 0.6) is 0 Å². The minimum Gasteiger partial charge on any atom is -0.478 e. The lowest BCUT2D eigenvalue weighted by Crippen LogP contribution is -2.40. The van der Waals surface area contributed by atoms with Gasteiger partial charge in [0.2, 0.25) is 5.91 Å². The lowest BCUT2D eigenvalue weighted by molar-refractivity contribution is -0.117. The maximum atomic E-state index is 13.3. The molecule has 1 aliphatic rings. The van der Waals surface area contributed by atoms with Gasteiger partial charge in [-0.1, -0.05) is 12.1 Å². The molecule has 7 heteroatoms. The minimum atomic E-state index is -1.02. The highest BCUT2D eigenvalue weighted by molar-refractivity contribution is 5.98. The van der Waals surface area contributed by atoms with E-state index in [1.54, 1.807) is 18.2 Å². The molecule has 3 rings (SSSR count). The number of piperidine rings is 1. The Morgan fingerprint density at radius 1 is 1.04 bits per heavy atom. The fraction of sp³-hybridized carbons (Fsp3) is 0.286. The van der Waals surface area contributed by atoms with E-state index < -0.39 is 11.8 Å². The number of anilines is 1. The normalized spacial score (nSPS) is 15.2. The van der Waals surface area contributed by atoms with Gasteiger partial charge in [0.05, 0.1) is 12.1 Å². The van der Waals surface area contributed by atoms with Crippen LogP contribution in [0.2, 0.25) is 0 Å². The van der Waals surface area contributed by atoms with Gasteiger partial charge < -0.3 is 10.4 Å². The molecule has 0 saturated carbocycles. The van der Waals surface area contributed by atoms with E-state index in [2.05, 4.69) is 5.32 Å². The number of carboxylic acids is 1. The van der Waals surface area contributed by atoms with Gasteiger partial charge in [0.25, 0.3) is 0 Å². The van der Waals surface area contributed by atoms with E-state index in [0.717, 1.165) is 0 Å². The maximum Gasteiger partial charge on any atom is 0.335 e. The first-order valence-corrected chi connectivity index (χ1v) is 9.08. The van der Waals surface area contributed by atoms with Crippen LogP contribution in [0, 0.1) is 11.7 Å². The van der Waals surface area contributed by atoms with Crippen LogP contribution in [0.4, 0.5) is 10.1 Å². The highest BCUT2D eigenvalue weighted by Gasteiger charge is 2.26. The second kappa shape index (κ2) is 8.75. The first-order chi connectivity index (χ1) is 13.4. The summed E-state index contributed by atoms with van der Waals surface area (Å²) >= 11 is 0. The van der Waals surface area contributed by atoms with Crippen molar-refractivity contribution in [1.82, 2.24) is 4.90 Å². The molecule has 0 bridgehead atoms. The molecule has 2 N–H and O–H groups in total. The van der Waals surface area contributed by atoms with Gasteiger partial charge in [0, 0.05) is 17.2 Å². The second-order valence-corrected chi connectivity index (χ2v) is 6.86. The van der Waals surface area contributed by atoms with E-state index >= 15 is 0 Å². The molecule has 1 fully saturated rings. The number of amides is 1. The number of carbonyl (C=O) groups is 3. The monoisotopic (exact) mass is 384 g/mol. The number of nitrogens with zero attached hydrogens (tertiary/aromatic N) is 1. The number of halogens is 1. The number of rotatable bonds is 6. The first kappa shape index (κ1) is 19.7. The average Bonchev–Trinajstić information content (AvgIpc) is 2.68. The molecule has 0 aromatic heterocycles. The van der Waals surface area contributed by atoms with Gasteiger partial charge in [-0.3, -0.25) is 14.5 Å². The van der Waals surface area contributed by atoms with Crippen molar-refractivity contribution in [2.24, 2.45) is 5.92 Å². The number of aromatic carboxylic acids is 1. The van der Waals surface area contributed by atoms with Crippen molar-refractivity contribution in [1.29, 1.82) is 0 Å². The largest absolute Gasteiger partial charge is 0.478 e. The van der Waals surface area contributed by atoms with Crippen molar-refractivity contribution in [3.63, 3.8) is 0 Å². The van der Waals surface area contributed by atoms with Gasteiger partial charge in [-0.25, -0.2) is 9.18 Å². The third-order valence-electron chi connectivity index (χ3n) is 4.85. The Morgan fingerprint density at radius 2 is 1.71 bits per heavy atom. The van der Waals surface area contributed by atoms with E-state index in [0.29, 0.717) is 37.2 Å². The van der Waals surface area contributed by atoms with Crippen molar-refractivity contribution < 1.29 is 23.9 Å². The quantitative estimate of drug-likeness (QED) is 0.748. The van der Waals surface area contributed by atoms with Crippen LogP contribution in [-0.4, -0.2) is 47.3 Å². The molecule has 1 saturated heterocycles. The van der Waals surface area contributed by atoms with Gasteiger partial charge in [-0.2, -0.15) is 0 Å². The number of hydrogen-bond donors (Lipinski definition) is 2. The van der Waals surface area contributed by atoms with Crippen LogP contribution >= 0.6 is 0 Å². The van der Waals surface area contributed by atoms with Crippen LogP contribution < -0.4 is 5.32 Å². The summed E-state index contributed by atoms with van der Waals surface area (Å²) in [6.07, 6.45) is 1.24. The number of nitrogens with one attached hydrogen (secondary N) is 1. The van der Waals surface area contributed by atoms with Crippen molar-refractivity contribution in [2.75, 3.05) is 25.0 Å². The Kier molecular flexibility index (Phi) is 6.16. The Balaban J connectivity index is 1.47. The SMILES string of the molecule is O=C(CN1CCC(C(=O)c2cccc(F)c2)CC1)Nc1ccc(C(=O)O)cc1. The van der Waals surface area contributed by atoms with Crippen molar-refractivity contribution in [3.05, 3.63) is 65.5 Å².